The van der Waals surface area contributed by atoms with Gasteiger partial charge in [0.25, 0.3) is 0 Å². The molecule has 0 aromatic carbocycles. The number of rotatable bonds is 6. The van der Waals surface area contributed by atoms with Crippen molar-refractivity contribution in [1.82, 2.24) is 10.3 Å². The molecule has 90 valence electrons. The number of pyridine rings is 1. The summed E-state index contributed by atoms with van der Waals surface area (Å²) in [5, 5.41) is 3.12. The van der Waals surface area contributed by atoms with Crippen molar-refractivity contribution in [1.29, 1.82) is 0 Å². The summed E-state index contributed by atoms with van der Waals surface area (Å²) in [6.45, 7) is 5.31. The van der Waals surface area contributed by atoms with Gasteiger partial charge >= 0.3 is 0 Å². The van der Waals surface area contributed by atoms with E-state index >= 15 is 0 Å². The van der Waals surface area contributed by atoms with Gasteiger partial charge in [0.2, 0.25) is 0 Å². The highest BCUT2D eigenvalue weighted by Gasteiger charge is 2.09. The Kier molecular flexibility index (Phi) is 5.26. The standard InChI is InChI=1S/C13H23N3/c1-5-6-11(2)16(4)13-7-8-15-12(9-13)10-14-3/h7-9,11,14H,5-6,10H2,1-4H3. The van der Waals surface area contributed by atoms with Gasteiger partial charge in [0, 0.05) is 31.5 Å². The molecule has 1 unspecified atom stereocenters. The molecule has 0 aliphatic rings. The molecule has 1 atom stereocenters. The molecule has 16 heavy (non-hydrogen) atoms. The summed E-state index contributed by atoms with van der Waals surface area (Å²) in [6, 6.07) is 4.81. The fraction of sp³-hybridized carbons (Fsp3) is 0.615. The van der Waals surface area contributed by atoms with Crippen molar-refractivity contribution in [3.63, 3.8) is 0 Å². The Morgan fingerprint density at radius 3 is 2.88 bits per heavy atom. The average Bonchev–Trinajstić information content (AvgIpc) is 2.29. The molecule has 0 aliphatic heterocycles. The Bertz CT molecular complexity index is 312. The summed E-state index contributed by atoms with van der Waals surface area (Å²) in [7, 11) is 4.09. The van der Waals surface area contributed by atoms with Gasteiger partial charge in [-0.15, -0.1) is 0 Å². The van der Waals surface area contributed by atoms with Crippen LogP contribution in [-0.4, -0.2) is 25.1 Å². The number of aromatic nitrogens is 1. The molecular formula is C13H23N3. The first-order chi connectivity index (χ1) is 7.69. The van der Waals surface area contributed by atoms with Gasteiger partial charge in [-0.3, -0.25) is 4.98 Å². The third kappa shape index (κ3) is 3.49. The molecule has 0 fully saturated rings. The Morgan fingerprint density at radius 1 is 1.50 bits per heavy atom. The van der Waals surface area contributed by atoms with Gasteiger partial charge in [0.05, 0.1) is 5.69 Å². The number of nitrogens with one attached hydrogen (secondary N) is 1. The molecular weight excluding hydrogens is 198 g/mol. The molecule has 1 N–H and O–H groups in total. The lowest BCUT2D eigenvalue weighted by Crippen LogP contribution is -2.28. The van der Waals surface area contributed by atoms with E-state index in [1.165, 1.54) is 18.5 Å². The summed E-state index contributed by atoms with van der Waals surface area (Å²) in [5.74, 6) is 0. The fourth-order valence-electron chi connectivity index (χ4n) is 1.83. The second-order valence-corrected chi connectivity index (χ2v) is 4.28. The number of hydrogen-bond donors (Lipinski definition) is 1. The van der Waals surface area contributed by atoms with Crippen LogP contribution in [0.15, 0.2) is 18.3 Å². The van der Waals surface area contributed by atoms with Gasteiger partial charge in [0.15, 0.2) is 0 Å². The summed E-state index contributed by atoms with van der Waals surface area (Å²) in [5.41, 5.74) is 2.34. The second kappa shape index (κ2) is 6.48. The minimum Gasteiger partial charge on any atom is -0.372 e. The molecule has 0 amide bonds. The van der Waals surface area contributed by atoms with Gasteiger partial charge < -0.3 is 10.2 Å². The second-order valence-electron chi connectivity index (χ2n) is 4.28. The normalized spacial score (nSPS) is 12.5. The van der Waals surface area contributed by atoms with Crippen LogP contribution in [0.3, 0.4) is 0 Å². The molecule has 1 heterocycles. The lowest BCUT2D eigenvalue weighted by molar-refractivity contribution is 0.615. The largest absolute Gasteiger partial charge is 0.372 e. The number of nitrogens with zero attached hydrogens (tertiary/aromatic N) is 2. The topological polar surface area (TPSA) is 28.2 Å². The highest BCUT2D eigenvalue weighted by molar-refractivity contribution is 5.46. The molecule has 0 aliphatic carbocycles. The van der Waals surface area contributed by atoms with E-state index in [1.54, 1.807) is 0 Å². The molecule has 0 bridgehead atoms. The van der Waals surface area contributed by atoms with Crippen LogP contribution >= 0.6 is 0 Å². The predicted octanol–water partition coefficient (Wildman–Crippen LogP) is 2.43. The minimum atomic E-state index is 0.579. The van der Waals surface area contributed by atoms with Crippen LogP contribution in [0.25, 0.3) is 0 Å². The first kappa shape index (κ1) is 13.0. The van der Waals surface area contributed by atoms with E-state index in [1.807, 2.05) is 13.2 Å². The SMILES string of the molecule is CCCC(C)N(C)c1ccnc(CNC)c1. The first-order valence-electron chi connectivity index (χ1n) is 6.01. The quantitative estimate of drug-likeness (QED) is 0.799. The summed E-state index contributed by atoms with van der Waals surface area (Å²) in [4.78, 5) is 6.65. The maximum atomic E-state index is 4.33. The van der Waals surface area contributed by atoms with Crippen LogP contribution in [0, 0.1) is 0 Å². The van der Waals surface area contributed by atoms with E-state index in [0.717, 1.165) is 12.2 Å². The van der Waals surface area contributed by atoms with Gasteiger partial charge in [-0.1, -0.05) is 13.3 Å². The van der Waals surface area contributed by atoms with Crippen molar-refractivity contribution in [2.45, 2.75) is 39.3 Å². The van der Waals surface area contributed by atoms with Crippen molar-refractivity contribution in [3.05, 3.63) is 24.0 Å². The van der Waals surface area contributed by atoms with E-state index in [4.69, 9.17) is 0 Å². The van der Waals surface area contributed by atoms with Crippen LogP contribution in [0.2, 0.25) is 0 Å². The summed E-state index contributed by atoms with van der Waals surface area (Å²) >= 11 is 0. The highest BCUT2D eigenvalue weighted by atomic mass is 15.1. The van der Waals surface area contributed by atoms with Crippen LogP contribution < -0.4 is 10.2 Å². The summed E-state index contributed by atoms with van der Waals surface area (Å²) in [6.07, 6.45) is 4.33. The molecule has 3 heteroatoms. The van der Waals surface area contributed by atoms with Crippen LogP contribution in [0.1, 0.15) is 32.4 Å². The Morgan fingerprint density at radius 2 is 2.25 bits per heavy atom. The van der Waals surface area contributed by atoms with Crippen LogP contribution in [-0.2, 0) is 6.54 Å². The third-order valence-corrected chi connectivity index (χ3v) is 2.93. The molecule has 3 nitrogen and oxygen atoms in total. The Balaban J connectivity index is 2.74. The minimum absolute atomic E-state index is 0.579. The molecule has 1 rings (SSSR count). The Labute approximate surface area is 98.9 Å². The Hall–Kier alpha value is -1.09. The van der Waals surface area contributed by atoms with E-state index in [0.29, 0.717) is 6.04 Å². The first-order valence-corrected chi connectivity index (χ1v) is 6.01. The third-order valence-electron chi connectivity index (χ3n) is 2.93. The molecule has 1 aromatic heterocycles. The molecule has 1 aromatic rings. The van der Waals surface area contributed by atoms with Gasteiger partial charge in [-0.05, 0) is 32.5 Å². The maximum Gasteiger partial charge on any atom is 0.0562 e. The van der Waals surface area contributed by atoms with Crippen molar-refractivity contribution in [2.75, 3.05) is 19.0 Å². The maximum absolute atomic E-state index is 4.33. The van der Waals surface area contributed by atoms with Gasteiger partial charge in [0.1, 0.15) is 0 Å². The lowest BCUT2D eigenvalue weighted by atomic mass is 10.1. The lowest BCUT2D eigenvalue weighted by Gasteiger charge is -2.27. The molecule has 0 spiro atoms. The number of hydrogen-bond acceptors (Lipinski definition) is 3. The van der Waals surface area contributed by atoms with E-state index in [2.05, 4.69) is 48.2 Å². The van der Waals surface area contributed by atoms with E-state index in [-0.39, 0.29) is 0 Å². The molecule has 0 saturated heterocycles. The monoisotopic (exact) mass is 221 g/mol. The predicted molar refractivity (Wildman–Crippen MR) is 69.8 cm³/mol. The van der Waals surface area contributed by atoms with Gasteiger partial charge in [-0.25, -0.2) is 0 Å². The van der Waals surface area contributed by atoms with Crippen LogP contribution in [0.5, 0.6) is 0 Å². The zero-order valence-electron chi connectivity index (χ0n) is 10.8. The summed E-state index contributed by atoms with van der Waals surface area (Å²) < 4.78 is 0. The molecule has 0 saturated carbocycles. The van der Waals surface area contributed by atoms with Crippen molar-refractivity contribution in [3.8, 4) is 0 Å². The fourth-order valence-corrected chi connectivity index (χ4v) is 1.83. The zero-order valence-corrected chi connectivity index (χ0v) is 10.8. The van der Waals surface area contributed by atoms with E-state index < -0.39 is 0 Å². The van der Waals surface area contributed by atoms with Gasteiger partial charge in [-0.2, -0.15) is 0 Å². The average molecular weight is 221 g/mol. The van der Waals surface area contributed by atoms with E-state index in [9.17, 15) is 0 Å². The molecule has 0 radical (unpaired) electrons. The highest BCUT2D eigenvalue weighted by Crippen LogP contribution is 2.17. The smallest absolute Gasteiger partial charge is 0.0562 e. The zero-order chi connectivity index (χ0) is 12.0. The number of anilines is 1. The van der Waals surface area contributed by atoms with Crippen molar-refractivity contribution < 1.29 is 0 Å². The van der Waals surface area contributed by atoms with Crippen molar-refractivity contribution in [2.24, 2.45) is 0 Å². The van der Waals surface area contributed by atoms with Crippen molar-refractivity contribution >= 4 is 5.69 Å². The van der Waals surface area contributed by atoms with Crippen LogP contribution in [0.4, 0.5) is 5.69 Å².